The Morgan fingerprint density at radius 3 is 2.74 bits per heavy atom. The van der Waals surface area contributed by atoms with Crippen LogP contribution in [0.15, 0.2) is 36.4 Å². The van der Waals surface area contributed by atoms with Gasteiger partial charge in [0, 0.05) is 11.6 Å². The molecule has 19 heavy (non-hydrogen) atoms. The second-order valence-electron chi connectivity index (χ2n) is 4.03. The highest BCUT2D eigenvalue weighted by atomic mass is 19.1. The summed E-state index contributed by atoms with van der Waals surface area (Å²) < 4.78 is 18.8. The molecule has 0 spiro atoms. The molecule has 0 aliphatic carbocycles. The van der Waals surface area contributed by atoms with Crippen LogP contribution in [0, 0.1) is 24.1 Å². The van der Waals surface area contributed by atoms with Gasteiger partial charge >= 0.3 is 0 Å². The summed E-state index contributed by atoms with van der Waals surface area (Å²) in [7, 11) is 0. The zero-order chi connectivity index (χ0) is 13.8. The van der Waals surface area contributed by atoms with Crippen LogP contribution in [-0.2, 0) is 0 Å². The number of rotatable bonds is 3. The lowest BCUT2D eigenvalue weighted by molar-refractivity contribution is 0.112. The van der Waals surface area contributed by atoms with Gasteiger partial charge in [-0.25, -0.2) is 4.39 Å². The minimum atomic E-state index is -0.548. The Hall–Kier alpha value is -2.67. The normalized spacial score (nSPS) is 9.74. The molecule has 0 heterocycles. The van der Waals surface area contributed by atoms with E-state index in [9.17, 15) is 9.18 Å². The summed E-state index contributed by atoms with van der Waals surface area (Å²) >= 11 is 0. The van der Waals surface area contributed by atoms with Crippen LogP contribution in [0.1, 0.15) is 21.5 Å². The summed E-state index contributed by atoms with van der Waals surface area (Å²) in [6.07, 6.45) is 0.550. The quantitative estimate of drug-likeness (QED) is 0.787. The first-order valence-corrected chi connectivity index (χ1v) is 5.57. The van der Waals surface area contributed by atoms with E-state index in [1.807, 2.05) is 13.0 Å². The third-order valence-electron chi connectivity index (χ3n) is 2.57. The fourth-order valence-electron chi connectivity index (χ4n) is 1.62. The highest BCUT2D eigenvalue weighted by Crippen LogP contribution is 2.27. The Kier molecular flexibility index (Phi) is 3.58. The highest BCUT2D eigenvalue weighted by Gasteiger charge is 2.06. The Labute approximate surface area is 109 Å². The molecule has 2 rings (SSSR count). The van der Waals surface area contributed by atoms with Crippen LogP contribution < -0.4 is 4.74 Å². The van der Waals surface area contributed by atoms with Gasteiger partial charge in [-0.15, -0.1) is 0 Å². The van der Waals surface area contributed by atoms with Gasteiger partial charge in [-0.3, -0.25) is 4.79 Å². The molecule has 0 N–H and O–H groups in total. The molecule has 0 saturated heterocycles. The van der Waals surface area contributed by atoms with Crippen molar-refractivity contribution in [3.63, 3.8) is 0 Å². The van der Waals surface area contributed by atoms with Gasteiger partial charge in [-0.1, -0.05) is 6.07 Å². The summed E-state index contributed by atoms with van der Waals surface area (Å²) in [5, 5.41) is 8.83. The van der Waals surface area contributed by atoms with Crippen LogP contribution in [0.2, 0.25) is 0 Å². The fourth-order valence-corrected chi connectivity index (χ4v) is 1.62. The van der Waals surface area contributed by atoms with E-state index in [4.69, 9.17) is 10.00 Å². The lowest BCUT2D eigenvalue weighted by atomic mass is 10.1. The summed E-state index contributed by atoms with van der Waals surface area (Å²) in [5.74, 6) is 0.135. The molecule has 0 radical (unpaired) electrons. The number of aldehydes is 1. The maximum Gasteiger partial charge on any atom is 0.150 e. The minimum Gasteiger partial charge on any atom is -0.457 e. The predicted molar refractivity (Wildman–Crippen MR) is 67.8 cm³/mol. The number of nitrogens with zero attached hydrogens (tertiary/aromatic N) is 1. The Morgan fingerprint density at radius 2 is 2.05 bits per heavy atom. The smallest absolute Gasteiger partial charge is 0.150 e. The lowest BCUT2D eigenvalue weighted by Gasteiger charge is -2.09. The molecule has 0 aliphatic rings. The largest absolute Gasteiger partial charge is 0.457 e. The van der Waals surface area contributed by atoms with Crippen molar-refractivity contribution in [3.8, 4) is 17.6 Å². The lowest BCUT2D eigenvalue weighted by Crippen LogP contribution is -1.91. The van der Waals surface area contributed by atoms with E-state index in [0.717, 1.165) is 11.6 Å². The van der Waals surface area contributed by atoms with Crippen molar-refractivity contribution in [2.75, 3.05) is 0 Å². The SMILES string of the molecule is Cc1ccc(C#N)cc1Oc1cc(F)cc(C=O)c1. The monoisotopic (exact) mass is 255 g/mol. The molecule has 94 valence electrons. The summed E-state index contributed by atoms with van der Waals surface area (Å²) in [6, 6.07) is 10.7. The Morgan fingerprint density at radius 1 is 1.26 bits per heavy atom. The van der Waals surface area contributed by atoms with Crippen molar-refractivity contribution >= 4 is 6.29 Å². The number of carbonyl (C=O) groups excluding carboxylic acids is 1. The van der Waals surface area contributed by atoms with Gasteiger partial charge in [0.05, 0.1) is 11.6 Å². The van der Waals surface area contributed by atoms with Crippen LogP contribution >= 0.6 is 0 Å². The first kappa shape index (κ1) is 12.8. The summed E-state index contributed by atoms with van der Waals surface area (Å²) in [5.41, 5.74) is 1.47. The number of benzene rings is 2. The third kappa shape index (κ3) is 2.96. The van der Waals surface area contributed by atoms with E-state index in [1.165, 1.54) is 12.1 Å². The second kappa shape index (κ2) is 5.32. The topological polar surface area (TPSA) is 50.1 Å². The molecule has 0 bridgehead atoms. The Balaban J connectivity index is 2.38. The molecule has 0 atom stereocenters. The fraction of sp³-hybridized carbons (Fsp3) is 0.0667. The van der Waals surface area contributed by atoms with Gasteiger partial charge < -0.3 is 4.74 Å². The molecule has 0 saturated carbocycles. The number of ether oxygens (including phenoxy) is 1. The van der Waals surface area contributed by atoms with Gasteiger partial charge in [0.2, 0.25) is 0 Å². The standard InChI is InChI=1S/C15H10FNO2/c1-10-2-3-11(8-17)6-15(10)19-14-5-12(9-18)4-13(16)7-14/h2-7,9H,1H3. The molecule has 0 fully saturated rings. The molecular weight excluding hydrogens is 245 g/mol. The second-order valence-corrected chi connectivity index (χ2v) is 4.03. The van der Waals surface area contributed by atoms with Crippen molar-refractivity contribution in [3.05, 3.63) is 58.9 Å². The van der Waals surface area contributed by atoms with E-state index in [1.54, 1.807) is 18.2 Å². The van der Waals surface area contributed by atoms with Crippen molar-refractivity contribution in [2.24, 2.45) is 0 Å². The van der Waals surface area contributed by atoms with Gasteiger partial charge in [0.1, 0.15) is 23.6 Å². The van der Waals surface area contributed by atoms with Crippen molar-refractivity contribution in [2.45, 2.75) is 6.92 Å². The zero-order valence-electron chi connectivity index (χ0n) is 10.2. The summed E-state index contributed by atoms with van der Waals surface area (Å²) in [4.78, 5) is 10.7. The van der Waals surface area contributed by atoms with Gasteiger partial charge in [-0.05, 0) is 36.8 Å². The number of hydrogen-bond donors (Lipinski definition) is 0. The van der Waals surface area contributed by atoms with E-state index < -0.39 is 5.82 Å². The molecule has 4 heteroatoms. The summed E-state index contributed by atoms with van der Waals surface area (Å²) in [6.45, 7) is 1.82. The molecular formula is C15H10FNO2. The van der Waals surface area contributed by atoms with Gasteiger partial charge in [0.15, 0.2) is 0 Å². The number of halogens is 1. The molecule has 2 aromatic rings. The van der Waals surface area contributed by atoms with Crippen LogP contribution in [0.25, 0.3) is 0 Å². The maximum atomic E-state index is 13.3. The van der Waals surface area contributed by atoms with Gasteiger partial charge in [0.25, 0.3) is 0 Å². The number of aryl methyl sites for hydroxylation is 1. The number of carbonyl (C=O) groups is 1. The molecule has 0 aromatic heterocycles. The van der Waals surface area contributed by atoms with E-state index in [0.29, 0.717) is 17.6 Å². The highest BCUT2D eigenvalue weighted by molar-refractivity contribution is 5.75. The molecule has 2 aromatic carbocycles. The minimum absolute atomic E-state index is 0.198. The van der Waals surface area contributed by atoms with Crippen LogP contribution in [0.4, 0.5) is 4.39 Å². The van der Waals surface area contributed by atoms with Crippen molar-refractivity contribution in [1.82, 2.24) is 0 Å². The molecule has 3 nitrogen and oxygen atoms in total. The van der Waals surface area contributed by atoms with Crippen molar-refractivity contribution < 1.29 is 13.9 Å². The average molecular weight is 255 g/mol. The van der Waals surface area contributed by atoms with Crippen LogP contribution in [0.5, 0.6) is 11.5 Å². The molecule has 0 unspecified atom stereocenters. The third-order valence-corrected chi connectivity index (χ3v) is 2.57. The first-order valence-electron chi connectivity index (χ1n) is 5.57. The van der Waals surface area contributed by atoms with E-state index in [2.05, 4.69) is 0 Å². The first-order chi connectivity index (χ1) is 9.12. The van der Waals surface area contributed by atoms with Crippen LogP contribution in [0.3, 0.4) is 0 Å². The molecule has 0 amide bonds. The number of nitriles is 1. The maximum absolute atomic E-state index is 13.3. The Bertz CT molecular complexity index is 674. The number of hydrogen-bond acceptors (Lipinski definition) is 3. The molecule has 0 aliphatic heterocycles. The average Bonchev–Trinajstić information content (AvgIpc) is 2.40. The van der Waals surface area contributed by atoms with Crippen LogP contribution in [-0.4, -0.2) is 6.29 Å². The van der Waals surface area contributed by atoms with Crippen molar-refractivity contribution in [1.29, 1.82) is 5.26 Å². The zero-order valence-corrected chi connectivity index (χ0v) is 10.2. The van der Waals surface area contributed by atoms with Gasteiger partial charge in [-0.2, -0.15) is 5.26 Å². The van der Waals surface area contributed by atoms with E-state index in [-0.39, 0.29) is 11.3 Å². The van der Waals surface area contributed by atoms with E-state index >= 15 is 0 Å². The predicted octanol–water partition coefficient (Wildman–Crippen LogP) is 3.61.